The number of fused-ring (bicyclic) bond motifs is 9. The summed E-state index contributed by atoms with van der Waals surface area (Å²) in [6.45, 7) is 40.4. The van der Waals surface area contributed by atoms with Gasteiger partial charge in [0.15, 0.2) is 0 Å². The maximum Gasteiger partial charge on any atom is 0.375 e. The number of para-hydroxylation sites is 1. The molecule has 0 bridgehead atoms. The zero-order valence-corrected chi connectivity index (χ0v) is 50.0. The van der Waals surface area contributed by atoms with Crippen LogP contribution in [-0.2, 0) is 32.5 Å². The van der Waals surface area contributed by atoms with Crippen LogP contribution in [0.1, 0.15) is 165 Å². The lowest BCUT2D eigenvalue weighted by Gasteiger charge is -2.40. The molecular weight excluding hydrogens is 958 g/mol. The average Bonchev–Trinajstić information content (AvgIpc) is 1.44. The summed E-state index contributed by atoms with van der Waals surface area (Å²) >= 11 is 0. The Morgan fingerprint density at radius 3 is 1.66 bits per heavy atom. The van der Waals surface area contributed by atoms with Crippen LogP contribution in [0, 0.1) is 0 Å². The van der Waals surface area contributed by atoms with Crippen LogP contribution < -0.4 is 20.9 Å². The fraction of sp³-hybridized carbons (Fsp3) is 0.324. The second-order valence-corrected chi connectivity index (χ2v) is 28.8. The lowest BCUT2D eigenvalue weighted by molar-refractivity contribution is 0.557. The molecule has 0 radical (unpaired) electrons. The van der Waals surface area contributed by atoms with E-state index in [4.69, 9.17) is 8.53 Å². The van der Waals surface area contributed by atoms with E-state index >= 15 is 0 Å². The van der Waals surface area contributed by atoms with Crippen molar-refractivity contribution in [2.75, 3.05) is 9.80 Å². The molecule has 12 rings (SSSR count). The molecule has 79 heavy (non-hydrogen) atoms. The first-order chi connectivity index (χ1) is 39.1. The highest BCUT2D eigenvalue weighted by molar-refractivity contribution is 6.89. The molecule has 0 N–H and O–H groups in total. The summed E-state index contributed by atoms with van der Waals surface area (Å²) in [6.07, 6.45) is 0. The lowest BCUT2D eigenvalue weighted by atomic mass is 9.47. The van der Waals surface area contributed by atoms with E-state index in [1.54, 1.807) is 0 Å². The number of furan rings is 1. The molecule has 5 heteroatoms. The smallest absolute Gasteiger partial charge is 0.375 e. The van der Waals surface area contributed by atoms with E-state index in [1.807, 2.05) is 24.3 Å². The third kappa shape index (κ3) is 8.56. The molecule has 2 aromatic heterocycles. The summed E-state index contributed by atoms with van der Waals surface area (Å²) in [7, 11) is 0. The van der Waals surface area contributed by atoms with Gasteiger partial charge >= 0.3 is 6.85 Å². The Balaban J connectivity index is 1.28. The molecule has 0 unspecified atom stereocenters. The Labute approximate surface area is 478 Å². The highest BCUT2D eigenvalue weighted by atomic mass is 16.3. The molecule has 400 valence electrons. The van der Waals surface area contributed by atoms with Crippen molar-refractivity contribution in [1.82, 2.24) is 4.48 Å². The number of anilines is 6. The molecule has 0 saturated heterocycles. The average molecular weight is 1040 g/mol. The highest BCUT2D eigenvalue weighted by Gasteiger charge is 2.48. The van der Waals surface area contributed by atoms with Crippen LogP contribution in [-0.4, -0.2) is 11.3 Å². The van der Waals surface area contributed by atoms with Crippen LogP contribution in [0.25, 0.3) is 55.0 Å². The van der Waals surface area contributed by atoms with Gasteiger partial charge < -0.3 is 18.7 Å². The van der Waals surface area contributed by atoms with E-state index in [0.29, 0.717) is 11.3 Å². The lowest BCUT2D eigenvalue weighted by Crippen LogP contribution is -2.56. The maximum absolute atomic E-state index is 9.51. The number of hydrogen-bond acceptors (Lipinski definition) is 3. The van der Waals surface area contributed by atoms with Gasteiger partial charge in [-0.25, -0.2) is 0 Å². The molecular formula is C74H80BN3O. The Hall–Kier alpha value is -7.24. The fourth-order valence-electron chi connectivity index (χ4n) is 12.3. The van der Waals surface area contributed by atoms with Crippen LogP contribution in [0.4, 0.5) is 34.1 Å². The Morgan fingerprint density at radius 1 is 0.481 bits per heavy atom. The van der Waals surface area contributed by atoms with E-state index in [-0.39, 0.29) is 62.2 Å². The molecule has 0 aliphatic carbocycles. The number of hydrogen-bond donors (Lipinski definition) is 0. The zero-order chi connectivity index (χ0) is 60.6. The summed E-state index contributed by atoms with van der Waals surface area (Å²) in [6, 6.07) is 45.5. The number of rotatable bonds is 5. The van der Waals surface area contributed by atoms with Gasteiger partial charge in [-0.1, -0.05) is 216 Å². The summed E-state index contributed by atoms with van der Waals surface area (Å²) in [4.78, 5) is 4.79. The van der Waals surface area contributed by atoms with Crippen LogP contribution >= 0.6 is 0 Å². The van der Waals surface area contributed by atoms with Gasteiger partial charge in [-0.2, -0.15) is 0 Å². The topological polar surface area (TPSA) is 24.6 Å². The molecule has 0 spiro atoms. The van der Waals surface area contributed by atoms with Crippen molar-refractivity contribution in [3.05, 3.63) is 191 Å². The van der Waals surface area contributed by atoms with E-state index in [9.17, 15) is 2.74 Å². The molecule has 8 aromatic carbocycles. The van der Waals surface area contributed by atoms with Gasteiger partial charge in [-0.05, 0) is 144 Å². The van der Waals surface area contributed by atoms with Crippen molar-refractivity contribution in [2.24, 2.45) is 0 Å². The van der Waals surface area contributed by atoms with E-state index < -0.39 is 12.9 Å². The quantitative estimate of drug-likeness (QED) is 0.161. The SMILES string of the molecule is [2H]c1c([2H])c([2H])c(-c2cc(C(C)(C)C)ccc2N(c2ccccc2)c2ccc3c4c2c2cc(C(C)(C)C)ccc2n4B2c4oc5c(C(C)(C)C)cc(C(C)(C)C)cc5c4N(c4ccc(C(C)(C)C)cc4)c4cc(C(C)(C)C)cc-3c42)c([2H])c1[2H]. The van der Waals surface area contributed by atoms with E-state index in [1.165, 1.54) is 33.3 Å². The van der Waals surface area contributed by atoms with Gasteiger partial charge in [-0.3, -0.25) is 0 Å². The van der Waals surface area contributed by atoms with Gasteiger partial charge in [0.2, 0.25) is 0 Å². The largest absolute Gasteiger partial charge is 0.466 e. The molecule has 4 nitrogen and oxygen atoms in total. The summed E-state index contributed by atoms with van der Waals surface area (Å²) in [5.74, 6) is 0. The predicted molar refractivity (Wildman–Crippen MR) is 342 cm³/mol. The zero-order valence-electron chi connectivity index (χ0n) is 55.0. The Morgan fingerprint density at radius 2 is 1.04 bits per heavy atom. The summed E-state index contributed by atoms with van der Waals surface area (Å²) in [5.41, 5.74) is 19.6. The molecule has 2 aliphatic rings. The molecule has 10 aromatic rings. The first-order valence-corrected chi connectivity index (χ1v) is 28.5. The molecule has 0 atom stereocenters. The van der Waals surface area contributed by atoms with Crippen molar-refractivity contribution < 1.29 is 11.3 Å². The van der Waals surface area contributed by atoms with Crippen LogP contribution in [0.2, 0.25) is 0 Å². The Bertz CT molecular complexity index is 4350. The summed E-state index contributed by atoms with van der Waals surface area (Å²) in [5, 5.41) is 3.22. The first-order valence-electron chi connectivity index (χ1n) is 31.0. The standard InChI is InChI=1S/C74H80BN3O/c1-69(2,3)46-29-33-52(34-30-46)77-62-44-50(73(13,14)15)41-55-53-35-38-61(76(51-27-23-20-24-28-51)59-36-31-47(70(4,5)6)39-54(59)45-25-21-19-22-26-45)63-56-40-48(71(7,8)9)32-37-60(56)78(65(53)63)75(64(55)62)68-66(77)57-42-49(72(10,11)12)43-58(67(57)79-68)74(16,17)18/h19-44H,1-18H3/i19D,21D,22D,25D,26D. The van der Waals surface area contributed by atoms with Gasteiger partial charge in [0.1, 0.15) is 11.2 Å². The van der Waals surface area contributed by atoms with Crippen LogP contribution in [0.3, 0.4) is 0 Å². The minimum absolute atomic E-state index is 0.0444. The van der Waals surface area contributed by atoms with Crippen molar-refractivity contribution in [3.63, 3.8) is 0 Å². The monoisotopic (exact) mass is 1040 g/mol. The van der Waals surface area contributed by atoms with Crippen molar-refractivity contribution in [3.8, 4) is 22.3 Å². The van der Waals surface area contributed by atoms with Crippen LogP contribution in [0.15, 0.2) is 162 Å². The number of aromatic nitrogens is 1. The minimum atomic E-state index is -0.421. The maximum atomic E-state index is 9.51. The van der Waals surface area contributed by atoms with Gasteiger partial charge in [-0.15, -0.1) is 0 Å². The normalized spacial score (nSPS) is 14.8. The van der Waals surface area contributed by atoms with Gasteiger partial charge in [0.05, 0.1) is 23.9 Å². The molecule has 0 fully saturated rings. The number of benzene rings is 8. The van der Waals surface area contributed by atoms with E-state index in [2.05, 4.69) is 242 Å². The van der Waals surface area contributed by atoms with Crippen molar-refractivity contribution >= 4 is 84.9 Å². The molecule has 4 heterocycles. The van der Waals surface area contributed by atoms with E-state index in [0.717, 1.165) is 83.6 Å². The fourth-order valence-corrected chi connectivity index (χ4v) is 12.3. The first kappa shape index (κ1) is 46.7. The second kappa shape index (κ2) is 17.6. The third-order valence-electron chi connectivity index (χ3n) is 16.9. The molecule has 0 saturated carbocycles. The molecule has 0 amide bonds. The minimum Gasteiger partial charge on any atom is -0.466 e. The number of nitrogens with zero attached hydrogens (tertiary/aromatic N) is 3. The van der Waals surface area contributed by atoms with Crippen molar-refractivity contribution in [2.45, 2.75) is 157 Å². The third-order valence-corrected chi connectivity index (χ3v) is 16.9. The van der Waals surface area contributed by atoms with Crippen molar-refractivity contribution in [1.29, 1.82) is 0 Å². The van der Waals surface area contributed by atoms with Crippen LogP contribution in [0.5, 0.6) is 0 Å². The highest BCUT2D eigenvalue weighted by Crippen LogP contribution is 2.54. The summed E-state index contributed by atoms with van der Waals surface area (Å²) < 4.78 is 56.1. The predicted octanol–water partition coefficient (Wildman–Crippen LogP) is 19.9. The second-order valence-electron chi connectivity index (χ2n) is 28.8. The molecule has 2 aliphatic heterocycles. The van der Waals surface area contributed by atoms with Gasteiger partial charge in [0, 0.05) is 60.9 Å². The van der Waals surface area contributed by atoms with Gasteiger partial charge in [0.25, 0.3) is 0 Å². The Kier molecular flexibility index (Phi) is 10.4.